The number of rotatable bonds is 7. The number of aryl methyl sites for hydroxylation is 2. The second-order valence-corrected chi connectivity index (χ2v) is 9.45. The minimum atomic E-state index is 0.00950. The minimum Gasteiger partial charge on any atom is -0.493 e. The maximum atomic E-state index is 13.1. The fourth-order valence-corrected chi connectivity index (χ4v) is 5.11. The van der Waals surface area contributed by atoms with Gasteiger partial charge in [-0.05, 0) is 61.7 Å². The van der Waals surface area contributed by atoms with E-state index in [0.717, 1.165) is 41.3 Å². The Kier molecular flexibility index (Phi) is 5.76. The van der Waals surface area contributed by atoms with Gasteiger partial charge in [0.05, 0.1) is 17.6 Å². The molecule has 6 rings (SSSR count). The molecule has 184 valence electrons. The second kappa shape index (κ2) is 9.22. The number of imidazole rings is 1. The van der Waals surface area contributed by atoms with Crippen LogP contribution in [-0.4, -0.2) is 35.4 Å². The molecule has 2 aliphatic heterocycles. The lowest BCUT2D eigenvalue weighted by Crippen LogP contribution is -2.24. The number of ether oxygens (including phenoxy) is 3. The average molecular weight is 484 g/mol. The highest BCUT2D eigenvalue weighted by atomic mass is 16.7. The van der Waals surface area contributed by atoms with Gasteiger partial charge in [0.15, 0.2) is 11.5 Å². The molecule has 4 aromatic rings. The number of benzene rings is 3. The number of carbonyl (C=O) groups is 1. The number of amides is 1. The van der Waals surface area contributed by atoms with Crippen LogP contribution in [0.4, 0.5) is 5.69 Å². The molecule has 1 unspecified atom stereocenters. The first kappa shape index (κ1) is 22.5. The standard InChI is InChI=1S/C29H29N3O4/c1-19-7-5-10-25(20(19)2)34-14-6-13-31-24-9-4-3-8-23(24)30-29(31)21-15-28(33)32(17-21)22-11-12-26-27(16-22)36-18-35-26/h3-5,7-12,16,21H,6,13-15,17-18H2,1-2H3. The number of nitrogens with zero attached hydrogens (tertiary/aromatic N) is 3. The lowest BCUT2D eigenvalue weighted by Gasteiger charge is -2.18. The molecule has 3 aromatic carbocycles. The summed E-state index contributed by atoms with van der Waals surface area (Å²) in [5, 5.41) is 0. The van der Waals surface area contributed by atoms with Crippen molar-refractivity contribution in [1.82, 2.24) is 9.55 Å². The van der Waals surface area contributed by atoms with Gasteiger partial charge in [-0.1, -0.05) is 24.3 Å². The fraction of sp³-hybridized carbons (Fsp3) is 0.310. The highest BCUT2D eigenvalue weighted by Crippen LogP contribution is 2.39. The summed E-state index contributed by atoms with van der Waals surface area (Å²) in [6, 6.07) is 20.0. The van der Waals surface area contributed by atoms with Gasteiger partial charge in [-0.15, -0.1) is 0 Å². The van der Waals surface area contributed by atoms with Gasteiger partial charge < -0.3 is 23.7 Å². The van der Waals surface area contributed by atoms with E-state index in [9.17, 15) is 4.79 Å². The van der Waals surface area contributed by atoms with Crippen molar-refractivity contribution in [3.05, 3.63) is 77.6 Å². The molecule has 0 radical (unpaired) electrons. The second-order valence-electron chi connectivity index (χ2n) is 9.45. The van der Waals surface area contributed by atoms with E-state index < -0.39 is 0 Å². The van der Waals surface area contributed by atoms with E-state index in [4.69, 9.17) is 19.2 Å². The molecule has 1 amide bonds. The summed E-state index contributed by atoms with van der Waals surface area (Å²) in [4.78, 5) is 19.9. The Morgan fingerprint density at radius 1 is 1.03 bits per heavy atom. The van der Waals surface area contributed by atoms with E-state index >= 15 is 0 Å². The third kappa shape index (κ3) is 4.04. The topological polar surface area (TPSA) is 65.8 Å². The highest BCUT2D eigenvalue weighted by Gasteiger charge is 2.35. The van der Waals surface area contributed by atoms with Crippen molar-refractivity contribution in [2.45, 2.75) is 39.2 Å². The first-order valence-electron chi connectivity index (χ1n) is 12.4. The number of hydrogen-bond donors (Lipinski definition) is 0. The number of hydrogen-bond acceptors (Lipinski definition) is 5. The Labute approximate surface area is 210 Å². The summed E-state index contributed by atoms with van der Waals surface area (Å²) >= 11 is 0. The molecule has 0 saturated carbocycles. The lowest BCUT2D eigenvalue weighted by molar-refractivity contribution is -0.117. The van der Waals surface area contributed by atoms with Crippen molar-refractivity contribution < 1.29 is 19.0 Å². The molecule has 3 heterocycles. The number of carbonyl (C=O) groups excluding carboxylic acids is 1. The van der Waals surface area contributed by atoms with E-state index in [0.29, 0.717) is 31.1 Å². The van der Waals surface area contributed by atoms with Crippen molar-refractivity contribution in [3.8, 4) is 17.2 Å². The van der Waals surface area contributed by atoms with Gasteiger partial charge in [0.25, 0.3) is 0 Å². The van der Waals surface area contributed by atoms with Crippen molar-refractivity contribution >= 4 is 22.6 Å². The number of aromatic nitrogens is 2. The summed E-state index contributed by atoms with van der Waals surface area (Å²) in [5.74, 6) is 3.39. The van der Waals surface area contributed by atoms with Crippen LogP contribution in [0.25, 0.3) is 11.0 Å². The van der Waals surface area contributed by atoms with Crippen LogP contribution in [0.1, 0.15) is 35.7 Å². The Morgan fingerprint density at radius 3 is 2.81 bits per heavy atom. The van der Waals surface area contributed by atoms with Crippen LogP contribution < -0.4 is 19.1 Å². The van der Waals surface area contributed by atoms with Crippen LogP contribution in [-0.2, 0) is 11.3 Å². The predicted octanol–water partition coefficient (Wildman–Crippen LogP) is 5.37. The molecule has 1 saturated heterocycles. The molecule has 2 aliphatic rings. The van der Waals surface area contributed by atoms with Crippen LogP contribution in [0.15, 0.2) is 60.7 Å². The van der Waals surface area contributed by atoms with Gasteiger partial charge in [-0.25, -0.2) is 4.98 Å². The minimum absolute atomic E-state index is 0.00950. The fourth-order valence-electron chi connectivity index (χ4n) is 5.11. The number of fused-ring (bicyclic) bond motifs is 2. The summed E-state index contributed by atoms with van der Waals surface area (Å²) < 4.78 is 19.3. The van der Waals surface area contributed by atoms with E-state index in [1.807, 2.05) is 53.4 Å². The third-order valence-electron chi connectivity index (χ3n) is 7.18. The van der Waals surface area contributed by atoms with Gasteiger partial charge in [-0.3, -0.25) is 4.79 Å². The van der Waals surface area contributed by atoms with E-state index in [2.05, 4.69) is 30.5 Å². The predicted molar refractivity (Wildman–Crippen MR) is 138 cm³/mol. The molecule has 36 heavy (non-hydrogen) atoms. The normalized spacial score (nSPS) is 16.8. The summed E-state index contributed by atoms with van der Waals surface area (Å²) in [7, 11) is 0. The van der Waals surface area contributed by atoms with Crippen LogP contribution in [0, 0.1) is 13.8 Å². The zero-order valence-corrected chi connectivity index (χ0v) is 20.6. The highest BCUT2D eigenvalue weighted by molar-refractivity contribution is 5.97. The molecular formula is C29H29N3O4. The molecular weight excluding hydrogens is 454 g/mol. The summed E-state index contributed by atoms with van der Waals surface area (Å²) in [5.41, 5.74) is 5.29. The number of para-hydroxylation sites is 2. The summed E-state index contributed by atoms with van der Waals surface area (Å²) in [6.45, 7) is 6.38. The smallest absolute Gasteiger partial charge is 0.231 e. The van der Waals surface area contributed by atoms with Crippen molar-refractivity contribution in [2.75, 3.05) is 24.8 Å². The average Bonchev–Trinajstić information content (AvgIpc) is 3.60. The van der Waals surface area contributed by atoms with Gasteiger partial charge in [0.1, 0.15) is 11.6 Å². The van der Waals surface area contributed by atoms with Crippen LogP contribution in [0.2, 0.25) is 0 Å². The maximum absolute atomic E-state index is 13.1. The molecule has 0 N–H and O–H groups in total. The molecule has 1 atom stereocenters. The van der Waals surface area contributed by atoms with E-state index in [1.165, 1.54) is 11.1 Å². The van der Waals surface area contributed by atoms with Crippen molar-refractivity contribution in [1.29, 1.82) is 0 Å². The van der Waals surface area contributed by atoms with Gasteiger partial charge >= 0.3 is 0 Å². The molecule has 1 aromatic heterocycles. The van der Waals surface area contributed by atoms with Crippen LogP contribution >= 0.6 is 0 Å². The van der Waals surface area contributed by atoms with E-state index in [-0.39, 0.29) is 18.6 Å². The van der Waals surface area contributed by atoms with Crippen molar-refractivity contribution in [3.63, 3.8) is 0 Å². The molecule has 0 aliphatic carbocycles. The monoisotopic (exact) mass is 483 g/mol. The third-order valence-corrected chi connectivity index (χ3v) is 7.18. The maximum Gasteiger partial charge on any atom is 0.231 e. The van der Waals surface area contributed by atoms with Gasteiger partial charge in [0.2, 0.25) is 12.7 Å². The molecule has 7 heteroatoms. The van der Waals surface area contributed by atoms with Gasteiger partial charge in [-0.2, -0.15) is 0 Å². The zero-order chi connectivity index (χ0) is 24.6. The van der Waals surface area contributed by atoms with Crippen molar-refractivity contribution in [2.24, 2.45) is 0 Å². The largest absolute Gasteiger partial charge is 0.493 e. The lowest BCUT2D eigenvalue weighted by atomic mass is 10.1. The SMILES string of the molecule is Cc1cccc(OCCCn2c(C3CC(=O)N(c4ccc5c(c4)OCO5)C3)nc3ccccc32)c1C. The van der Waals surface area contributed by atoms with Crippen LogP contribution in [0.3, 0.4) is 0 Å². The molecule has 0 bridgehead atoms. The van der Waals surface area contributed by atoms with Gasteiger partial charge in [0, 0.05) is 37.2 Å². The summed E-state index contributed by atoms with van der Waals surface area (Å²) in [6.07, 6.45) is 1.27. The van der Waals surface area contributed by atoms with Crippen LogP contribution in [0.5, 0.6) is 17.2 Å². The quantitative estimate of drug-likeness (QED) is 0.331. The Bertz CT molecular complexity index is 1440. The molecule has 7 nitrogen and oxygen atoms in total. The molecule has 0 spiro atoms. The molecule has 1 fully saturated rings. The Balaban J connectivity index is 1.21. The first-order valence-corrected chi connectivity index (χ1v) is 12.4. The van der Waals surface area contributed by atoms with E-state index in [1.54, 1.807) is 0 Å². The number of anilines is 1. The zero-order valence-electron chi connectivity index (χ0n) is 20.6. The Hall–Kier alpha value is -4.00. The first-order chi connectivity index (χ1) is 17.6. The Morgan fingerprint density at radius 2 is 1.89 bits per heavy atom.